The molecule has 2 nitrogen and oxygen atoms in total. The van der Waals surface area contributed by atoms with Crippen LogP contribution in [0.25, 0.3) is 0 Å². The number of nitrogens with zero attached hydrogens (tertiary/aromatic N) is 1. The third kappa shape index (κ3) is 3.65. The molecule has 0 unspecified atom stereocenters. The molecule has 0 N–H and O–H groups in total. The summed E-state index contributed by atoms with van der Waals surface area (Å²) in [6, 6.07) is 0. The minimum Gasteiger partial charge on any atom is -0.272 e. The molecule has 68 valence electrons. The van der Waals surface area contributed by atoms with E-state index in [0.29, 0.717) is 0 Å². The Labute approximate surface area is 74.1 Å². The maximum absolute atomic E-state index is 11.0. The standard InChI is InChI=1S/C10H17NO/c1-8(2)10(12)11-7-3-4-9-5-6-9/h7-9H,3-6H2,1-2H3. The van der Waals surface area contributed by atoms with E-state index in [2.05, 4.69) is 4.99 Å². The summed E-state index contributed by atoms with van der Waals surface area (Å²) in [5.41, 5.74) is 0. The predicted octanol–water partition coefficient (Wildman–Crippen LogP) is 2.43. The second kappa shape index (κ2) is 4.39. The molecule has 0 bridgehead atoms. The molecule has 0 aromatic heterocycles. The molecular weight excluding hydrogens is 150 g/mol. The summed E-state index contributed by atoms with van der Waals surface area (Å²) < 4.78 is 0. The zero-order chi connectivity index (χ0) is 8.97. The monoisotopic (exact) mass is 167 g/mol. The van der Waals surface area contributed by atoms with Crippen LogP contribution in [0.4, 0.5) is 0 Å². The van der Waals surface area contributed by atoms with Crippen LogP contribution in [0.5, 0.6) is 0 Å². The summed E-state index contributed by atoms with van der Waals surface area (Å²) in [6.07, 6.45) is 6.73. The molecule has 1 rings (SSSR count). The Balaban J connectivity index is 2.07. The van der Waals surface area contributed by atoms with E-state index < -0.39 is 0 Å². The normalized spacial score (nSPS) is 17.6. The van der Waals surface area contributed by atoms with E-state index in [4.69, 9.17) is 0 Å². The van der Waals surface area contributed by atoms with Crippen molar-refractivity contribution in [2.75, 3.05) is 0 Å². The molecule has 0 aromatic rings. The van der Waals surface area contributed by atoms with Crippen LogP contribution in [0, 0.1) is 11.8 Å². The highest BCUT2D eigenvalue weighted by Crippen LogP contribution is 2.32. The van der Waals surface area contributed by atoms with Gasteiger partial charge in [0.15, 0.2) is 0 Å². The maximum atomic E-state index is 11.0. The lowest BCUT2D eigenvalue weighted by atomic mass is 10.2. The summed E-state index contributed by atoms with van der Waals surface area (Å²) in [4.78, 5) is 14.9. The summed E-state index contributed by atoms with van der Waals surface area (Å²) >= 11 is 0. The van der Waals surface area contributed by atoms with Gasteiger partial charge in [-0.05, 0) is 18.8 Å². The number of amides is 1. The molecule has 0 radical (unpaired) electrons. The van der Waals surface area contributed by atoms with E-state index in [1.54, 1.807) is 6.21 Å². The smallest absolute Gasteiger partial charge is 0.247 e. The maximum Gasteiger partial charge on any atom is 0.247 e. The van der Waals surface area contributed by atoms with E-state index >= 15 is 0 Å². The van der Waals surface area contributed by atoms with Crippen LogP contribution >= 0.6 is 0 Å². The predicted molar refractivity (Wildman–Crippen MR) is 50.3 cm³/mol. The van der Waals surface area contributed by atoms with Gasteiger partial charge in [-0.3, -0.25) is 4.79 Å². The van der Waals surface area contributed by atoms with Gasteiger partial charge in [0.2, 0.25) is 5.91 Å². The van der Waals surface area contributed by atoms with E-state index in [1.165, 1.54) is 19.3 Å². The molecule has 12 heavy (non-hydrogen) atoms. The first-order valence-corrected chi connectivity index (χ1v) is 4.76. The van der Waals surface area contributed by atoms with E-state index in [9.17, 15) is 4.79 Å². The van der Waals surface area contributed by atoms with Crippen molar-refractivity contribution in [2.45, 2.75) is 39.5 Å². The molecule has 1 amide bonds. The summed E-state index contributed by atoms with van der Waals surface area (Å²) in [6.45, 7) is 3.75. The van der Waals surface area contributed by atoms with Crippen LogP contribution in [0.3, 0.4) is 0 Å². The van der Waals surface area contributed by atoms with Crippen LogP contribution in [0.2, 0.25) is 0 Å². The summed E-state index contributed by atoms with van der Waals surface area (Å²) in [5.74, 6) is 0.985. The van der Waals surface area contributed by atoms with Crippen molar-refractivity contribution in [2.24, 2.45) is 16.8 Å². The fourth-order valence-electron chi connectivity index (χ4n) is 1.02. The van der Waals surface area contributed by atoms with Gasteiger partial charge in [-0.1, -0.05) is 26.7 Å². The van der Waals surface area contributed by atoms with Gasteiger partial charge in [-0.15, -0.1) is 0 Å². The molecule has 1 saturated carbocycles. The number of carbonyl (C=O) groups is 1. The lowest BCUT2D eigenvalue weighted by molar-refractivity contribution is -0.120. The van der Waals surface area contributed by atoms with Gasteiger partial charge in [0, 0.05) is 12.1 Å². The largest absolute Gasteiger partial charge is 0.272 e. The topological polar surface area (TPSA) is 29.4 Å². The Morgan fingerprint density at radius 2 is 2.25 bits per heavy atom. The molecule has 1 aliphatic carbocycles. The highest BCUT2D eigenvalue weighted by molar-refractivity contribution is 5.86. The Kier molecular flexibility index (Phi) is 3.45. The fraction of sp³-hybridized carbons (Fsp3) is 0.800. The van der Waals surface area contributed by atoms with Gasteiger partial charge < -0.3 is 0 Å². The second-order valence-electron chi connectivity index (χ2n) is 3.83. The average Bonchev–Trinajstić information content (AvgIpc) is 2.80. The third-order valence-electron chi connectivity index (χ3n) is 2.11. The second-order valence-corrected chi connectivity index (χ2v) is 3.83. The van der Waals surface area contributed by atoms with Crippen molar-refractivity contribution in [1.82, 2.24) is 0 Å². The molecule has 1 aliphatic rings. The highest BCUT2D eigenvalue weighted by atomic mass is 16.1. The van der Waals surface area contributed by atoms with Gasteiger partial charge in [0.25, 0.3) is 0 Å². The first-order chi connectivity index (χ1) is 5.70. The van der Waals surface area contributed by atoms with Crippen LogP contribution < -0.4 is 0 Å². The molecule has 2 heteroatoms. The lowest BCUT2D eigenvalue weighted by Crippen LogP contribution is -2.02. The van der Waals surface area contributed by atoms with Gasteiger partial charge >= 0.3 is 0 Å². The fourth-order valence-corrected chi connectivity index (χ4v) is 1.02. The highest BCUT2D eigenvalue weighted by Gasteiger charge is 2.19. The van der Waals surface area contributed by atoms with Crippen molar-refractivity contribution in [1.29, 1.82) is 0 Å². The van der Waals surface area contributed by atoms with E-state index in [-0.39, 0.29) is 11.8 Å². The van der Waals surface area contributed by atoms with E-state index in [0.717, 1.165) is 12.3 Å². The Bertz CT molecular complexity index is 180. The van der Waals surface area contributed by atoms with Gasteiger partial charge in [0.1, 0.15) is 0 Å². The van der Waals surface area contributed by atoms with Gasteiger partial charge in [-0.25, -0.2) is 4.99 Å². The molecule has 1 fully saturated rings. The molecule has 0 aromatic carbocycles. The molecule has 0 spiro atoms. The lowest BCUT2D eigenvalue weighted by Gasteiger charge is -1.95. The zero-order valence-electron chi connectivity index (χ0n) is 7.92. The minimum absolute atomic E-state index is 0.00537. The first kappa shape index (κ1) is 9.43. The molecule has 0 atom stereocenters. The molecular formula is C10H17NO. The molecule has 0 aliphatic heterocycles. The van der Waals surface area contributed by atoms with Crippen LogP contribution in [0.15, 0.2) is 4.99 Å². The zero-order valence-corrected chi connectivity index (χ0v) is 7.92. The summed E-state index contributed by atoms with van der Waals surface area (Å²) in [7, 11) is 0. The third-order valence-corrected chi connectivity index (χ3v) is 2.11. The average molecular weight is 167 g/mol. The molecule has 0 heterocycles. The van der Waals surface area contributed by atoms with Crippen molar-refractivity contribution < 1.29 is 4.79 Å². The number of aliphatic imine (C=N–C) groups is 1. The van der Waals surface area contributed by atoms with Crippen molar-refractivity contribution in [3.63, 3.8) is 0 Å². The van der Waals surface area contributed by atoms with Crippen molar-refractivity contribution in [3.05, 3.63) is 0 Å². The number of hydrogen-bond donors (Lipinski definition) is 0. The summed E-state index contributed by atoms with van der Waals surface area (Å²) in [5, 5.41) is 0. The number of carbonyl (C=O) groups excluding carboxylic acids is 1. The number of rotatable bonds is 4. The van der Waals surface area contributed by atoms with Crippen molar-refractivity contribution >= 4 is 12.1 Å². The first-order valence-electron chi connectivity index (χ1n) is 4.76. The Morgan fingerprint density at radius 1 is 1.58 bits per heavy atom. The Hall–Kier alpha value is -0.660. The van der Waals surface area contributed by atoms with Gasteiger partial charge in [0.05, 0.1) is 0 Å². The molecule has 0 saturated heterocycles. The van der Waals surface area contributed by atoms with E-state index in [1.807, 2.05) is 13.8 Å². The SMILES string of the molecule is CC(C)C(=O)N=CCCC1CC1. The van der Waals surface area contributed by atoms with Crippen LogP contribution in [0.1, 0.15) is 39.5 Å². The van der Waals surface area contributed by atoms with Crippen LogP contribution in [-0.2, 0) is 4.79 Å². The quantitative estimate of drug-likeness (QED) is 0.591. The minimum atomic E-state index is 0.00537. The van der Waals surface area contributed by atoms with Gasteiger partial charge in [-0.2, -0.15) is 0 Å². The Morgan fingerprint density at radius 3 is 2.75 bits per heavy atom. The van der Waals surface area contributed by atoms with Crippen molar-refractivity contribution in [3.8, 4) is 0 Å². The van der Waals surface area contributed by atoms with Crippen LogP contribution in [-0.4, -0.2) is 12.1 Å². The number of hydrogen-bond acceptors (Lipinski definition) is 1.